The van der Waals surface area contributed by atoms with Crippen molar-refractivity contribution in [3.05, 3.63) is 36.9 Å². The lowest BCUT2D eigenvalue weighted by molar-refractivity contribution is -0.122. The number of benzene rings is 1. The Bertz CT molecular complexity index is 546. The largest absolute Gasteiger partial charge is 0.324 e. The van der Waals surface area contributed by atoms with Gasteiger partial charge in [-0.1, -0.05) is 18.6 Å². The molecular formula is C13H14N4O. The van der Waals surface area contributed by atoms with Gasteiger partial charge in [-0.25, -0.2) is 9.67 Å². The number of rotatable bonds is 3. The van der Waals surface area contributed by atoms with Gasteiger partial charge < -0.3 is 5.32 Å². The molecular weight excluding hydrogens is 228 g/mol. The zero-order chi connectivity index (χ0) is 12.4. The molecule has 0 radical (unpaired) electrons. The molecule has 0 bridgehead atoms. The molecule has 2 aromatic rings. The summed E-state index contributed by atoms with van der Waals surface area (Å²) >= 11 is 0. The van der Waals surface area contributed by atoms with Crippen LogP contribution < -0.4 is 5.32 Å². The van der Waals surface area contributed by atoms with Gasteiger partial charge in [-0.05, 0) is 25.0 Å². The maximum absolute atomic E-state index is 12.0. The highest BCUT2D eigenvalue weighted by Crippen LogP contribution is 2.28. The van der Waals surface area contributed by atoms with Crippen LogP contribution >= 0.6 is 0 Å². The molecule has 1 heterocycles. The minimum absolute atomic E-state index is 0.105. The molecule has 1 aliphatic rings. The molecule has 1 saturated carbocycles. The first-order valence-corrected chi connectivity index (χ1v) is 6.09. The molecule has 1 fully saturated rings. The van der Waals surface area contributed by atoms with Gasteiger partial charge in [0.25, 0.3) is 0 Å². The zero-order valence-corrected chi connectivity index (χ0v) is 9.91. The lowest BCUT2D eigenvalue weighted by atomic mass is 9.85. The van der Waals surface area contributed by atoms with Crippen molar-refractivity contribution in [2.45, 2.75) is 19.3 Å². The highest BCUT2D eigenvalue weighted by atomic mass is 16.1. The number of para-hydroxylation sites is 2. The smallest absolute Gasteiger partial charge is 0.227 e. The van der Waals surface area contributed by atoms with Gasteiger partial charge in [0.05, 0.1) is 11.4 Å². The van der Waals surface area contributed by atoms with Gasteiger partial charge in [-0.2, -0.15) is 5.10 Å². The first kappa shape index (κ1) is 11.0. The molecule has 1 amide bonds. The second-order valence-corrected chi connectivity index (χ2v) is 4.47. The topological polar surface area (TPSA) is 59.8 Å². The van der Waals surface area contributed by atoms with Gasteiger partial charge in [-0.3, -0.25) is 4.79 Å². The molecule has 1 aliphatic carbocycles. The van der Waals surface area contributed by atoms with Gasteiger partial charge in [0.2, 0.25) is 5.91 Å². The van der Waals surface area contributed by atoms with E-state index in [-0.39, 0.29) is 11.8 Å². The number of carbonyl (C=O) groups excluding carboxylic acids is 1. The number of hydrogen-bond acceptors (Lipinski definition) is 3. The number of amides is 1. The molecule has 18 heavy (non-hydrogen) atoms. The SMILES string of the molecule is O=C(Nc1ccccc1-n1cncn1)C1CCC1. The van der Waals surface area contributed by atoms with Crippen LogP contribution in [0.4, 0.5) is 5.69 Å². The Morgan fingerprint density at radius 1 is 1.33 bits per heavy atom. The lowest BCUT2D eigenvalue weighted by Gasteiger charge is -2.24. The fraction of sp³-hybridized carbons (Fsp3) is 0.308. The minimum atomic E-state index is 0.105. The predicted molar refractivity (Wildman–Crippen MR) is 67.3 cm³/mol. The van der Waals surface area contributed by atoms with E-state index in [9.17, 15) is 4.79 Å². The fourth-order valence-electron chi connectivity index (χ4n) is 2.02. The van der Waals surface area contributed by atoms with E-state index in [0.717, 1.165) is 30.6 Å². The average Bonchev–Trinajstić information content (AvgIpc) is 2.80. The number of carbonyl (C=O) groups is 1. The van der Waals surface area contributed by atoms with Crippen LogP contribution in [0.25, 0.3) is 5.69 Å². The lowest BCUT2D eigenvalue weighted by Crippen LogP contribution is -2.28. The van der Waals surface area contributed by atoms with Crippen molar-refractivity contribution in [3.8, 4) is 5.69 Å². The van der Waals surface area contributed by atoms with Crippen LogP contribution in [0.5, 0.6) is 0 Å². The van der Waals surface area contributed by atoms with Gasteiger partial charge in [0.1, 0.15) is 12.7 Å². The van der Waals surface area contributed by atoms with Crippen molar-refractivity contribution in [3.63, 3.8) is 0 Å². The van der Waals surface area contributed by atoms with Crippen LogP contribution in [0.15, 0.2) is 36.9 Å². The first-order chi connectivity index (χ1) is 8.84. The maximum atomic E-state index is 12.0. The van der Waals surface area contributed by atoms with E-state index in [2.05, 4.69) is 15.4 Å². The highest BCUT2D eigenvalue weighted by Gasteiger charge is 2.25. The van der Waals surface area contributed by atoms with Gasteiger partial charge >= 0.3 is 0 Å². The van der Waals surface area contributed by atoms with Crippen molar-refractivity contribution in [1.82, 2.24) is 14.8 Å². The Morgan fingerprint density at radius 2 is 2.17 bits per heavy atom. The predicted octanol–water partition coefficient (Wildman–Crippen LogP) is 2.01. The summed E-state index contributed by atoms with van der Waals surface area (Å²) in [6.45, 7) is 0. The van der Waals surface area contributed by atoms with Gasteiger partial charge in [-0.15, -0.1) is 0 Å². The molecule has 0 atom stereocenters. The minimum Gasteiger partial charge on any atom is -0.324 e. The number of anilines is 1. The van der Waals surface area contributed by atoms with E-state index >= 15 is 0 Å². The number of hydrogen-bond donors (Lipinski definition) is 1. The van der Waals surface area contributed by atoms with Crippen LogP contribution in [0.3, 0.4) is 0 Å². The average molecular weight is 242 g/mol. The second-order valence-electron chi connectivity index (χ2n) is 4.47. The summed E-state index contributed by atoms with van der Waals surface area (Å²) in [7, 11) is 0. The summed E-state index contributed by atoms with van der Waals surface area (Å²) < 4.78 is 1.65. The van der Waals surface area contributed by atoms with Crippen molar-refractivity contribution in [2.75, 3.05) is 5.32 Å². The van der Waals surface area contributed by atoms with Crippen molar-refractivity contribution in [2.24, 2.45) is 5.92 Å². The summed E-state index contributed by atoms with van der Waals surface area (Å²) in [5, 5.41) is 7.06. The fourth-order valence-corrected chi connectivity index (χ4v) is 2.02. The van der Waals surface area contributed by atoms with Crippen molar-refractivity contribution in [1.29, 1.82) is 0 Å². The van der Waals surface area contributed by atoms with Crippen LogP contribution in [-0.2, 0) is 4.79 Å². The molecule has 0 unspecified atom stereocenters. The third kappa shape index (κ3) is 1.99. The summed E-state index contributed by atoms with van der Waals surface area (Å²) in [5.74, 6) is 0.280. The van der Waals surface area contributed by atoms with E-state index in [1.54, 1.807) is 11.0 Å². The molecule has 0 spiro atoms. The van der Waals surface area contributed by atoms with E-state index in [1.807, 2.05) is 24.3 Å². The Labute approximate surface area is 105 Å². The maximum Gasteiger partial charge on any atom is 0.227 e. The van der Waals surface area contributed by atoms with Crippen molar-refractivity contribution < 1.29 is 4.79 Å². The van der Waals surface area contributed by atoms with E-state index in [0.29, 0.717) is 0 Å². The Balaban J connectivity index is 1.85. The molecule has 1 N–H and O–H groups in total. The van der Waals surface area contributed by atoms with Crippen LogP contribution in [-0.4, -0.2) is 20.7 Å². The van der Waals surface area contributed by atoms with E-state index in [1.165, 1.54) is 6.33 Å². The number of nitrogens with zero attached hydrogens (tertiary/aromatic N) is 3. The monoisotopic (exact) mass is 242 g/mol. The molecule has 3 rings (SSSR count). The standard InChI is InChI=1S/C13H14N4O/c18-13(10-4-3-5-10)16-11-6-1-2-7-12(11)17-9-14-8-15-17/h1-2,6-10H,3-5H2,(H,16,18). The molecule has 0 saturated heterocycles. The molecule has 92 valence electrons. The molecule has 5 nitrogen and oxygen atoms in total. The quantitative estimate of drug-likeness (QED) is 0.895. The van der Waals surface area contributed by atoms with E-state index < -0.39 is 0 Å². The normalized spacial score (nSPS) is 15.1. The Hall–Kier alpha value is -2.17. The Kier molecular flexibility index (Phi) is 2.80. The molecule has 1 aromatic carbocycles. The molecule has 5 heteroatoms. The van der Waals surface area contributed by atoms with Crippen LogP contribution in [0.1, 0.15) is 19.3 Å². The zero-order valence-electron chi connectivity index (χ0n) is 9.91. The number of aromatic nitrogens is 3. The van der Waals surface area contributed by atoms with Gasteiger partial charge in [0, 0.05) is 5.92 Å². The molecule has 1 aromatic heterocycles. The molecule has 0 aliphatic heterocycles. The summed E-state index contributed by atoms with van der Waals surface area (Å²) in [4.78, 5) is 15.9. The van der Waals surface area contributed by atoms with Crippen LogP contribution in [0.2, 0.25) is 0 Å². The summed E-state index contributed by atoms with van der Waals surface area (Å²) in [5.41, 5.74) is 1.61. The van der Waals surface area contributed by atoms with Gasteiger partial charge in [0.15, 0.2) is 0 Å². The number of nitrogens with one attached hydrogen (secondary N) is 1. The summed E-state index contributed by atoms with van der Waals surface area (Å²) in [6.07, 6.45) is 6.25. The van der Waals surface area contributed by atoms with Crippen molar-refractivity contribution >= 4 is 11.6 Å². The second kappa shape index (κ2) is 4.60. The van der Waals surface area contributed by atoms with Crippen LogP contribution in [0, 0.1) is 5.92 Å². The van der Waals surface area contributed by atoms with E-state index in [4.69, 9.17) is 0 Å². The third-order valence-corrected chi connectivity index (χ3v) is 3.30. The summed E-state index contributed by atoms with van der Waals surface area (Å²) in [6, 6.07) is 7.60. The highest BCUT2D eigenvalue weighted by molar-refractivity contribution is 5.94. The Morgan fingerprint density at radius 3 is 2.83 bits per heavy atom. The first-order valence-electron chi connectivity index (χ1n) is 6.09. The third-order valence-electron chi connectivity index (χ3n) is 3.30.